The average Bonchev–Trinajstić information content (AvgIpc) is 2.62. The molecule has 0 unspecified atom stereocenters. The lowest BCUT2D eigenvalue weighted by Gasteiger charge is -2.06. The molecule has 0 aliphatic rings. The number of imidazole rings is 1. The van der Waals surface area contributed by atoms with Gasteiger partial charge in [-0.1, -0.05) is 19.1 Å². The summed E-state index contributed by atoms with van der Waals surface area (Å²) in [5.74, 6) is 0.762. The Morgan fingerprint density at radius 2 is 2.25 bits per heavy atom. The van der Waals surface area contributed by atoms with Crippen LogP contribution in [0, 0.1) is 0 Å². The molecule has 0 atom stereocenters. The first kappa shape index (κ1) is 13.1. The molecule has 90 valence electrons. The minimum Gasteiger partial charge on any atom is -0.387 e. The van der Waals surface area contributed by atoms with E-state index in [2.05, 4.69) is 4.98 Å². The summed E-state index contributed by atoms with van der Waals surface area (Å²) in [6, 6.07) is 0. The molecule has 2 N–H and O–H groups in total. The summed E-state index contributed by atoms with van der Waals surface area (Å²) in [4.78, 5) is 4.14. The van der Waals surface area contributed by atoms with E-state index >= 15 is 0 Å². The van der Waals surface area contributed by atoms with Crippen LogP contribution in [0.25, 0.3) is 0 Å². The van der Waals surface area contributed by atoms with Crippen molar-refractivity contribution in [2.45, 2.75) is 19.9 Å². The third kappa shape index (κ3) is 3.57. The Morgan fingerprint density at radius 3 is 2.81 bits per heavy atom. The second-order valence-corrected chi connectivity index (χ2v) is 6.20. The van der Waals surface area contributed by atoms with Gasteiger partial charge in [0, 0.05) is 24.7 Å². The standard InChI is InChI=1S/C9H15N3O2S2/c1-2-6-16(13,14)7-5-12-4-3-11-9(12)8(10)15/h3-4H,2,5-7H2,1H3,(H2,10,15). The first-order valence-corrected chi connectivity index (χ1v) is 7.20. The van der Waals surface area contributed by atoms with Crippen molar-refractivity contribution in [1.29, 1.82) is 0 Å². The summed E-state index contributed by atoms with van der Waals surface area (Å²) < 4.78 is 24.7. The van der Waals surface area contributed by atoms with Crippen molar-refractivity contribution in [1.82, 2.24) is 9.55 Å². The Morgan fingerprint density at radius 1 is 1.56 bits per heavy atom. The Hall–Kier alpha value is -0.950. The van der Waals surface area contributed by atoms with Gasteiger partial charge in [-0.05, 0) is 6.42 Å². The minimum atomic E-state index is -2.98. The van der Waals surface area contributed by atoms with Crippen LogP contribution >= 0.6 is 12.2 Å². The molecule has 1 aromatic rings. The molecule has 0 amide bonds. The molecule has 0 fully saturated rings. The first-order valence-electron chi connectivity index (χ1n) is 4.97. The van der Waals surface area contributed by atoms with Crippen LogP contribution in [0.5, 0.6) is 0 Å². The first-order chi connectivity index (χ1) is 7.46. The highest BCUT2D eigenvalue weighted by Gasteiger charge is 2.11. The van der Waals surface area contributed by atoms with E-state index in [4.69, 9.17) is 18.0 Å². The molecule has 5 nitrogen and oxygen atoms in total. The van der Waals surface area contributed by atoms with Gasteiger partial charge in [-0.25, -0.2) is 13.4 Å². The largest absolute Gasteiger partial charge is 0.387 e. The van der Waals surface area contributed by atoms with Gasteiger partial charge < -0.3 is 10.3 Å². The lowest BCUT2D eigenvalue weighted by atomic mass is 10.5. The maximum atomic E-state index is 11.5. The van der Waals surface area contributed by atoms with E-state index in [0.29, 0.717) is 18.8 Å². The maximum absolute atomic E-state index is 11.5. The van der Waals surface area contributed by atoms with Gasteiger partial charge in [0.05, 0.1) is 5.75 Å². The molecule has 0 radical (unpaired) electrons. The number of hydrogen-bond acceptors (Lipinski definition) is 4. The average molecular weight is 261 g/mol. The molecular weight excluding hydrogens is 246 g/mol. The number of sulfone groups is 1. The Kier molecular flexibility index (Phi) is 4.43. The molecule has 0 spiro atoms. The van der Waals surface area contributed by atoms with Crippen molar-refractivity contribution in [3.8, 4) is 0 Å². The predicted molar refractivity (Wildman–Crippen MR) is 67.1 cm³/mol. The number of thiocarbonyl (C=S) groups is 1. The van der Waals surface area contributed by atoms with Crippen molar-refractivity contribution in [2.75, 3.05) is 11.5 Å². The highest BCUT2D eigenvalue weighted by Crippen LogP contribution is 2.01. The number of nitrogens with two attached hydrogens (primary N) is 1. The summed E-state index contributed by atoms with van der Waals surface area (Å²) in [6.07, 6.45) is 3.87. The van der Waals surface area contributed by atoms with E-state index in [1.54, 1.807) is 17.0 Å². The number of aromatic nitrogens is 2. The van der Waals surface area contributed by atoms with Crippen molar-refractivity contribution in [3.05, 3.63) is 18.2 Å². The lowest BCUT2D eigenvalue weighted by Crippen LogP contribution is -2.21. The van der Waals surface area contributed by atoms with Gasteiger partial charge in [-0.15, -0.1) is 0 Å². The van der Waals surface area contributed by atoms with E-state index in [1.165, 1.54) is 0 Å². The SMILES string of the molecule is CCCS(=O)(=O)CCn1ccnc1C(N)=S. The summed E-state index contributed by atoms with van der Waals surface area (Å²) in [5.41, 5.74) is 5.46. The van der Waals surface area contributed by atoms with Crippen LogP contribution < -0.4 is 5.73 Å². The van der Waals surface area contributed by atoms with E-state index in [0.717, 1.165) is 0 Å². The van der Waals surface area contributed by atoms with Gasteiger partial charge in [0.1, 0.15) is 4.99 Å². The summed E-state index contributed by atoms with van der Waals surface area (Å²) >= 11 is 4.81. The van der Waals surface area contributed by atoms with Crippen molar-refractivity contribution < 1.29 is 8.42 Å². The third-order valence-electron chi connectivity index (χ3n) is 2.09. The van der Waals surface area contributed by atoms with Crippen molar-refractivity contribution >= 4 is 27.0 Å². The van der Waals surface area contributed by atoms with Crippen LogP contribution in [0.1, 0.15) is 19.2 Å². The molecule has 1 aromatic heterocycles. The fourth-order valence-electron chi connectivity index (χ4n) is 1.37. The highest BCUT2D eigenvalue weighted by atomic mass is 32.2. The molecule has 0 bridgehead atoms. The number of nitrogens with zero attached hydrogens (tertiary/aromatic N) is 2. The van der Waals surface area contributed by atoms with Gasteiger partial charge in [0.25, 0.3) is 0 Å². The van der Waals surface area contributed by atoms with Crippen LogP contribution in [0.2, 0.25) is 0 Å². The number of hydrogen-bond donors (Lipinski definition) is 1. The Bertz CT molecular complexity index is 465. The third-order valence-corrected chi connectivity index (χ3v) is 4.11. The van der Waals surface area contributed by atoms with E-state index in [-0.39, 0.29) is 16.5 Å². The monoisotopic (exact) mass is 261 g/mol. The van der Waals surface area contributed by atoms with E-state index in [9.17, 15) is 8.42 Å². The molecule has 1 rings (SSSR count). The molecule has 0 aromatic carbocycles. The summed E-state index contributed by atoms with van der Waals surface area (Å²) in [7, 11) is -2.98. The molecule has 7 heteroatoms. The molecule has 1 heterocycles. The molecule has 0 saturated carbocycles. The van der Waals surface area contributed by atoms with Gasteiger partial charge in [-0.2, -0.15) is 0 Å². The lowest BCUT2D eigenvalue weighted by molar-refractivity contribution is 0.587. The smallest absolute Gasteiger partial charge is 0.167 e. The fourth-order valence-corrected chi connectivity index (χ4v) is 2.84. The zero-order valence-electron chi connectivity index (χ0n) is 9.09. The zero-order valence-corrected chi connectivity index (χ0v) is 10.7. The molecule has 0 aliphatic heterocycles. The van der Waals surface area contributed by atoms with Gasteiger partial charge >= 0.3 is 0 Å². The fraction of sp³-hybridized carbons (Fsp3) is 0.556. The van der Waals surface area contributed by atoms with Gasteiger partial charge in [-0.3, -0.25) is 0 Å². The summed E-state index contributed by atoms with van der Waals surface area (Å²) in [5, 5.41) is 0. The van der Waals surface area contributed by atoms with Crippen LogP contribution in [-0.2, 0) is 16.4 Å². The van der Waals surface area contributed by atoms with Crippen molar-refractivity contribution in [3.63, 3.8) is 0 Å². The van der Waals surface area contributed by atoms with Crippen molar-refractivity contribution in [2.24, 2.45) is 5.73 Å². The quantitative estimate of drug-likeness (QED) is 0.747. The highest BCUT2D eigenvalue weighted by molar-refractivity contribution is 7.91. The molecule has 0 aliphatic carbocycles. The van der Waals surface area contributed by atoms with Crippen LogP contribution in [0.15, 0.2) is 12.4 Å². The van der Waals surface area contributed by atoms with E-state index < -0.39 is 9.84 Å². The summed E-state index contributed by atoms with van der Waals surface area (Å²) in [6.45, 7) is 2.18. The predicted octanol–water partition coefficient (Wildman–Crippen LogP) is 0.342. The normalized spacial score (nSPS) is 11.6. The van der Waals surface area contributed by atoms with Crippen LogP contribution in [0.3, 0.4) is 0 Å². The maximum Gasteiger partial charge on any atom is 0.167 e. The number of rotatable bonds is 6. The van der Waals surface area contributed by atoms with E-state index in [1.807, 2.05) is 6.92 Å². The Labute approximate surface area is 101 Å². The second-order valence-electron chi connectivity index (χ2n) is 3.46. The molecular formula is C9H15N3O2S2. The number of aryl methyl sites for hydroxylation is 1. The second kappa shape index (κ2) is 5.40. The van der Waals surface area contributed by atoms with Gasteiger partial charge in [0.2, 0.25) is 0 Å². The zero-order chi connectivity index (χ0) is 12.2. The molecule has 16 heavy (non-hydrogen) atoms. The Balaban J connectivity index is 2.68. The minimum absolute atomic E-state index is 0.0901. The molecule has 0 saturated heterocycles. The van der Waals surface area contributed by atoms with Crippen LogP contribution in [0.4, 0.5) is 0 Å². The van der Waals surface area contributed by atoms with Crippen LogP contribution in [-0.4, -0.2) is 34.5 Å². The topological polar surface area (TPSA) is 78.0 Å². The van der Waals surface area contributed by atoms with Gasteiger partial charge in [0.15, 0.2) is 15.7 Å².